The molecule has 442 valence electrons. The maximum Gasteiger partial charge on any atom is 0.220 e. The predicted molar refractivity (Wildman–Crippen MR) is 318 cm³/mol. The highest BCUT2D eigenvalue weighted by Crippen LogP contribution is 2.23. The minimum Gasteiger partial charge on any atom is -0.394 e. The molecule has 9 heteroatoms. The van der Waals surface area contributed by atoms with Crippen LogP contribution in [0.3, 0.4) is 0 Å². The molecule has 1 fully saturated rings. The van der Waals surface area contributed by atoms with Crippen molar-refractivity contribution in [2.75, 3.05) is 13.2 Å². The second-order valence-corrected chi connectivity index (χ2v) is 22.9. The fourth-order valence-corrected chi connectivity index (χ4v) is 10.6. The smallest absolute Gasteiger partial charge is 0.220 e. The quantitative estimate of drug-likeness (QED) is 0.0261. The molecule has 0 aromatic rings. The molecule has 0 aromatic heterocycles. The van der Waals surface area contributed by atoms with Crippen LogP contribution in [0.15, 0.2) is 36.5 Å². The third-order valence-corrected chi connectivity index (χ3v) is 15.7. The van der Waals surface area contributed by atoms with Crippen molar-refractivity contribution in [1.29, 1.82) is 0 Å². The fraction of sp³-hybridized carbons (Fsp3) is 0.894. The molecule has 1 amide bonds. The van der Waals surface area contributed by atoms with Gasteiger partial charge in [0.1, 0.15) is 24.4 Å². The Kier molecular flexibility index (Phi) is 53.1. The Morgan fingerprint density at radius 3 is 1.09 bits per heavy atom. The molecular weight excluding hydrogens is 935 g/mol. The number of hydrogen-bond acceptors (Lipinski definition) is 8. The standard InChI is InChI=1S/C66H125NO8/c1-3-5-7-9-11-13-15-16-17-18-19-20-21-22-23-24-25-26-27-28-29-30-31-32-33-34-35-36-37-38-39-40-41-42-43-44-46-48-50-52-54-56-62(70)67-59(58-74-66-65(73)64(72)63(71)61(57-68)75-66)60(69)55-53-51-49-47-45-14-12-10-8-6-4-2/h8,10,45,47,53,55,59-61,63-66,68-69,71-73H,3-7,9,11-44,46,48-52,54,56-58H2,1-2H3,(H,67,70)/b10-8+,47-45+,55-53+. The molecular formula is C66H125NO8. The third-order valence-electron chi connectivity index (χ3n) is 15.7. The molecule has 0 radical (unpaired) electrons. The number of amides is 1. The Morgan fingerprint density at radius 2 is 0.760 bits per heavy atom. The average Bonchev–Trinajstić information content (AvgIpc) is 3.41. The van der Waals surface area contributed by atoms with Gasteiger partial charge in [0.25, 0.3) is 0 Å². The van der Waals surface area contributed by atoms with E-state index in [1.807, 2.05) is 6.08 Å². The fourth-order valence-electron chi connectivity index (χ4n) is 10.6. The van der Waals surface area contributed by atoms with Gasteiger partial charge in [0.2, 0.25) is 5.91 Å². The molecule has 9 nitrogen and oxygen atoms in total. The van der Waals surface area contributed by atoms with Gasteiger partial charge in [0.05, 0.1) is 25.4 Å². The summed E-state index contributed by atoms with van der Waals surface area (Å²) in [7, 11) is 0. The molecule has 1 rings (SSSR count). The van der Waals surface area contributed by atoms with Gasteiger partial charge in [-0.2, -0.15) is 0 Å². The number of hydrogen-bond donors (Lipinski definition) is 6. The third kappa shape index (κ3) is 44.9. The minimum atomic E-state index is -1.57. The maximum absolute atomic E-state index is 13.0. The van der Waals surface area contributed by atoms with Crippen molar-refractivity contribution in [2.24, 2.45) is 0 Å². The summed E-state index contributed by atoms with van der Waals surface area (Å²) in [5.41, 5.74) is 0. The normalized spacial score (nSPS) is 19.1. The van der Waals surface area contributed by atoms with E-state index in [-0.39, 0.29) is 12.5 Å². The number of ether oxygens (including phenoxy) is 2. The summed E-state index contributed by atoms with van der Waals surface area (Å²) in [6.45, 7) is 3.70. The van der Waals surface area contributed by atoms with Crippen LogP contribution < -0.4 is 5.32 Å². The Morgan fingerprint density at radius 1 is 0.440 bits per heavy atom. The van der Waals surface area contributed by atoms with E-state index in [2.05, 4.69) is 43.5 Å². The first-order chi connectivity index (χ1) is 36.8. The second kappa shape index (κ2) is 55.7. The summed E-state index contributed by atoms with van der Waals surface area (Å²) >= 11 is 0. The van der Waals surface area contributed by atoms with Crippen LogP contribution in [0.2, 0.25) is 0 Å². The van der Waals surface area contributed by atoms with Crippen molar-refractivity contribution < 1.29 is 39.8 Å². The summed E-state index contributed by atoms with van der Waals surface area (Å²) in [5, 5.41) is 54.3. The van der Waals surface area contributed by atoms with E-state index in [1.165, 1.54) is 244 Å². The van der Waals surface area contributed by atoms with Crippen LogP contribution in [-0.2, 0) is 14.3 Å². The zero-order valence-electron chi connectivity index (χ0n) is 49.3. The van der Waals surface area contributed by atoms with Crippen LogP contribution in [0, 0.1) is 0 Å². The summed E-state index contributed by atoms with van der Waals surface area (Å²) in [5.74, 6) is -0.187. The molecule has 1 aliphatic heterocycles. The van der Waals surface area contributed by atoms with Gasteiger partial charge >= 0.3 is 0 Å². The Balaban J connectivity index is 1.97. The number of rotatable bonds is 57. The topological polar surface area (TPSA) is 149 Å². The van der Waals surface area contributed by atoms with Crippen molar-refractivity contribution in [3.8, 4) is 0 Å². The van der Waals surface area contributed by atoms with E-state index < -0.39 is 49.5 Å². The van der Waals surface area contributed by atoms with Crippen molar-refractivity contribution in [2.45, 2.75) is 365 Å². The van der Waals surface area contributed by atoms with Gasteiger partial charge in [-0.05, 0) is 38.5 Å². The number of carbonyl (C=O) groups excluding carboxylic acids is 1. The highest BCUT2D eigenvalue weighted by Gasteiger charge is 2.44. The van der Waals surface area contributed by atoms with Gasteiger partial charge in [-0.3, -0.25) is 4.79 Å². The number of unbranched alkanes of at least 4 members (excludes halogenated alkanes) is 43. The molecule has 6 N–H and O–H groups in total. The molecule has 75 heavy (non-hydrogen) atoms. The van der Waals surface area contributed by atoms with Crippen LogP contribution in [0.1, 0.15) is 322 Å². The van der Waals surface area contributed by atoms with Gasteiger partial charge in [-0.1, -0.05) is 314 Å². The molecule has 1 heterocycles. The first kappa shape index (κ1) is 71.4. The van der Waals surface area contributed by atoms with Gasteiger partial charge < -0.3 is 40.3 Å². The Hall–Kier alpha value is -1.59. The first-order valence-corrected chi connectivity index (χ1v) is 32.7. The minimum absolute atomic E-state index is 0.187. The second-order valence-electron chi connectivity index (χ2n) is 22.9. The molecule has 0 aliphatic carbocycles. The number of aliphatic hydroxyl groups excluding tert-OH is 5. The highest BCUT2D eigenvalue weighted by atomic mass is 16.7. The highest BCUT2D eigenvalue weighted by molar-refractivity contribution is 5.76. The van der Waals surface area contributed by atoms with Crippen molar-refractivity contribution in [3.05, 3.63) is 36.5 Å². The van der Waals surface area contributed by atoms with E-state index in [9.17, 15) is 30.3 Å². The zero-order chi connectivity index (χ0) is 54.3. The molecule has 0 spiro atoms. The van der Waals surface area contributed by atoms with Crippen molar-refractivity contribution >= 4 is 5.91 Å². The molecule has 0 aromatic carbocycles. The molecule has 0 bridgehead atoms. The SMILES string of the molecule is CCC/C=C/CC/C=C/CC/C=C/C(O)C(COC1OC(CO)C(O)C(O)C1O)NC(=O)CCCCCCCCCCCCCCCCCCCCCCCCCCCCCCCCCCCCCCCCCCC. The van der Waals surface area contributed by atoms with E-state index >= 15 is 0 Å². The monoisotopic (exact) mass is 1060 g/mol. The van der Waals surface area contributed by atoms with Crippen LogP contribution in [-0.4, -0.2) is 87.5 Å². The number of carbonyl (C=O) groups is 1. The lowest BCUT2D eigenvalue weighted by Crippen LogP contribution is -2.60. The Labute approximate surface area is 463 Å². The number of aliphatic hydroxyl groups is 5. The summed E-state index contributed by atoms with van der Waals surface area (Å²) in [6, 6.07) is -0.825. The molecule has 7 atom stereocenters. The van der Waals surface area contributed by atoms with E-state index in [1.54, 1.807) is 6.08 Å². The van der Waals surface area contributed by atoms with Crippen LogP contribution >= 0.6 is 0 Å². The lowest BCUT2D eigenvalue weighted by Gasteiger charge is -2.40. The summed E-state index contributed by atoms with van der Waals surface area (Å²) in [4.78, 5) is 13.0. The van der Waals surface area contributed by atoms with Crippen molar-refractivity contribution in [3.63, 3.8) is 0 Å². The lowest BCUT2D eigenvalue weighted by molar-refractivity contribution is -0.302. The van der Waals surface area contributed by atoms with Gasteiger partial charge in [0, 0.05) is 6.42 Å². The number of nitrogens with one attached hydrogen (secondary N) is 1. The van der Waals surface area contributed by atoms with E-state index in [0.717, 1.165) is 57.8 Å². The lowest BCUT2D eigenvalue weighted by atomic mass is 9.99. The van der Waals surface area contributed by atoms with E-state index in [4.69, 9.17) is 9.47 Å². The summed E-state index contributed by atoms with van der Waals surface area (Å²) < 4.78 is 11.2. The van der Waals surface area contributed by atoms with Crippen molar-refractivity contribution in [1.82, 2.24) is 5.32 Å². The van der Waals surface area contributed by atoms with Crippen LogP contribution in [0.5, 0.6) is 0 Å². The molecule has 1 saturated heterocycles. The molecule has 7 unspecified atom stereocenters. The van der Waals surface area contributed by atoms with Crippen LogP contribution in [0.4, 0.5) is 0 Å². The molecule has 1 aliphatic rings. The summed E-state index contributed by atoms with van der Waals surface area (Å²) in [6.07, 6.45) is 67.3. The first-order valence-electron chi connectivity index (χ1n) is 32.7. The Bertz CT molecular complexity index is 1270. The van der Waals surface area contributed by atoms with E-state index in [0.29, 0.717) is 6.42 Å². The number of allylic oxidation sites excluding steroid dienone is 5. The largest absolute Gasteiger partial charge is 0.394 e. The molecule has 0 saturated carbocycles. The van der Waals surface area contributed by atoms with Gasteiger partial charge in [0.15, 0.2) is 6.29 Å². The zero-order valence-corrected chi connectivity index (χ0v) is 49.3. The average molecular weight is 1060 g/mol. The maximum atomic E-state index is 13.0. The van der Waals surface area contributed by atoms with Gasteiger partial charge in [-0.25, -0.2) is 0 Å². The van der Waals surface area contributed by atoms with Crippen LogP contribution in [0.25, 0.3) is 0 Å². The van der Waals surface area contributed by atoms with Gasteiger partial charge in [-0.15, -0.1) is 0 Å². The predicted octanol–water partition coefficient (Wildman–Crippen LogP) is 17.1.